The van der Waals surface area contributed by atoms with Gasteiger partial charge in [-0.3, -0.25) is 14.5 Å². The number of imide groups is 1. The van der Waals surface area contributed by atoms with Crippen molar-refractivity contribution in [2.75, 3.05) is 12.4 Å². The van der Waals surface area contributed by atoms with Crippen molar-refractivity contribution in [3.05, 3.63) is 65.2 Å². The van der Waals surface area contributed by atoms with E-state index in [0.717, 1.165) is 16.7 Å². The van der Waals surface area contributed by atoms with Gasteiger partial charge in [-0.25, -0.2) is 9.59 Å². The van der Waals surface area contributed by atoms with Crippen molar-refractivity contribution in [2.24, 2.45) is 0 Å². The van der Waals surface area contributed by atoms with Crippen LogP contribution in [0.2, 0.25) is 0 Å². The monoisotopic (exact) mass is 400 g/mol. The van der Waals surface area contributed by atoms with Gasteiger partial charge in [0.25, 0.3) is 11.1 Å². The minimum absolute atomic E-state index is 0.0167. The summed E-state index contributed by atoms with van der Waals surface area (Å²) in [7, 11) is 1.27. The summed E-state index contributed by atoms with van der Waals surface area (Å²) in [5.41, 5.74) is 1.43. The number of esters is 1. The number of carboxylic acid groups (broad SMARTS) is 1. The van der Waals surface area contributed by atoms with Crippen molar-refractivity contribution in [3.63, 3.8) is 0 Å². The number of carboxylic acids is 1. The molecule has 144 valence electrons. The Labute approximate surface area is 164 Å². The minimum Gasteiger partial charge on any atom is -0.478 e. The van der Waals surface area contributed by atoms with Crippen molar-refractivity contribution >= 4 is 40.5 Å². The number of amides is 2. The van der Waals surface area contributed by atoms with Crippen LogP contribution in [-0.2, 0) is 16.1 Å². The molecular formula is C19H16N2O6S. The number of ether oxygens (including phenoxy) is 1. The van der Waals surface area contributed by atoms with Crippen molar-refractivity contribution in [3.8, 4) is 0 Å². The Morgan fingerprint density at radius 2 is 1.86 bits per heavy atom. The standard InChI is InChI=1S/C19H16N2O6S/c1-27-18(25)13-6-2-4-11(8-13)10-21-16(22)15(28-19(21)26)20-14-7-3-5-12(9-14)17(23)24/h2-9,15,20H,10H2,1H3,(H,23,24)/t15-/m1/s1. The number of nitrogens with one attached hydrogen (secondary N) is 1. The third-order valence-electron chi connectivity index (χ3n) is 4.03. The molecule has 9 heteroatoms. The first-order valence-electron chi connectivity index (χ1n) is 8.18. The Balaban J connectivity index is 1.73. The van der Waals surface area contributed by atoms with Gasteiger partial charge < -0.3 is 15.2 Å². The number of hydrogen-bond donors (Lipinski definition) is 2. The lowest BCUT2D eigenvalue weighted by Gasteiger charge is -2.15. The number of rotatable bonds is 6. The Hall–Kier alpha value is -3.33. The average Bonchev–Trinajstić information content (AvgIpc) is 2.95. The molecular weight excluding hydrogens is 384 g/mol. The van der Waals surface area contributed by atoms with Crippen molar-refractivity contribution in [2.45, 2.75) is 11.9 Å². The zero-order valence-corrected chi connectivity index (χ0v) is 15.6. The molecule has 0 aromatic heterocycles. The molecule has 1 aliphatic heterocycles. The van der Waals surface area contributed by atoms with Gasteiger partial charge in [-0.2, -0.15) is 0 Å². The number of anilines is 1. The van der Waals surface area contributed by atoms with Crippen LogP contribution in [0.5, 0.6) is 0 Å². The van der Waals surface area contributed by atoms with Crippen LogP contribution in [0.25, 0.3) is 0 Å². The fraction of sp³-hybridized carbons (Fsp3) is 0.158. The van der Waals surface area contributed by atoms with Crippen LogP contribution >= 0.6 is 11.8 Å². The number of carbonyl (C=O) groups excluding carboxylic acids is 3. The molecule has 8 nitrogen and oxygen atoms in total. The molecule has 0 spiro atoms. The maximum Gasteiger partial charge on any atom is 0.337 e. The highest BCUT2D eigenvalue weighted by molar-refractivity contribution is 8.15. The highest BCUT2D eigenvalue weighted by Crippen LogP contribution is 2.30. The number of methoxy groups -OCH3 is 1. The molecule has 0 aliphatic carbocycles. The van der Waals surface area contributed by atoms with Gasteiger partial charge in [0, 0.05) is 5.69 Å². The van der Waals surface area contributed by atoms with Crippen LogP contribution in [0.15, 0.2) is 48.5 Å². The first kappa shape index (κ1) is 19.4. The smallest absolute Gasteiger partial charge is 0.337 e. The second-order valence-electron chi connectivity index (χ2n) is 5.91. The molecule has 2 aromatic carbocycles. The zero-order chi connectivity index (χ0) is 20.3. The predicted molar refractivity (Wildman–Crippen MR) is 102 cm³/mol. The highest BCUT2D eigenvalue weighted by Gasteiger charge is 2.39. The molecule has 0 saturated carbocycles. The van der Waals surface area contributed by atoms with Crippen LogP contribution in [-0.4, -0.2) is 45.6 Å². The molecule has 28 heavy (non-hydrogen) atoms. The van der Waals surface area contributed by atoms with E-state index in [4.69, 9.17) is 5.11 Å². The summed E-state index contributed by atoms with van der Waals surface area (Å²) in [5, 5.41) is 10.6. The summed E-state index contributed by atoms with van der Waals surface area (Å²) in [4.78, 5) is 48.7. The van der Waals surface area contributed by atoms with Crippen molar-refractivity contribution in [1.29, 1.82) is 0 Å². The number of carbonyl (C=O) groups is 4. The maximum absolute atomic E-state index is 12.6. The van der Waals surface area contributed by atoms with Gasteiger partial charge >= 0.3 is 11.9 Å². The molecule has 2 N–H and O–H groups in total. The topological polar surface area (TPSA) is 113 Å². The second kappa shape index (κ2) is 8.13. The quantitative estimate of drug-likeness (QED) is 0.712. The van der Waals surface area contributed by atoms with E-state index in [1.807, 2.05) is 0 Å². The van der Waals surface area contributed by atoms with Crippen molar-refractivity contribution in [1.82, 2.24) is 4.90 Å². The van der Waals surface area contributed by atoms with Gasteiger partial charge in [0.05, 0.1) is 24.8 Å². The molecule has 1 heterocycles. The second-order valence-corrected chi connectivity index (χ2v) is 6.97. The van der Waals surface area contributed by atoms with Crippen LogP contribution in [0.4, 0.5) is 10.5 Å². The summed E-state index contributed by atoms with van der Waals surface area (Å²) in [5.74, 6) is -2.04. The molecule has 0 radical (unpaired) electrons. The maximum atomic E-state index is 12.6. The minimum atomic E-state index is -1.09. The summed E-state index contributed by atoms with van der Waals surface area (Å²) < 4.78 is 4.67. The molecule has 0 unspecified atom stereocenters. The number of hydrogen-bond acceptors (Lipinski definition) is 7. The number of benzene rings is 2. The molecule has 2 aromatic rings. The molecule has 3 rings (SSSR count). The van der Waals surface area contributed by atoms with E-state index >= 15 is 0 Å². The Kier molecular flexibility index (Phi) is 5.65. The Morgan fingerprint density at radius 1 is 1.14 bits per heavy atom. The summed E-state index contributed by atoms with van der Waals surface area (Å²) in [6.45, 7) is 0.0167. The van der Waals surface area contributed by atoms with Crippen LogP contribution in [0.1, 0.15) is 26.3 Å². The average molecular weight is 400 g/mol. The molecule has 1 saturated heterocycles. The largest absolute Gasteiger partial charge is 0.478 e. The molecule has 0 bridgehead atoms. The van der Waals surface area contributed by atoms with Crippen LogP contribution < -0.4 is 5.32 Å². The fourth-order valence-electron chi connectivity index (χ4n) is 2.67. The summed E-state index contributed by atoms with van der Waals surface area (Å²) >= 11 is 0.812. The van der Waals surface area contributed by atoms with Crippen molar-refractivity contribution < 1.29 is 29.0 Å². The SMILES string of the molecule is COC(=O)c1cccc(CN2C(=O)S[C@@H](Nc3cccc(C(=O)O)c3)C2=O)c1. The van der Waals surface area contributed by atoms with Gasteiger partial charge in [-0.15, -0.1) is 0 Å². The predicted octanol–water partition coefficient (Wildman–Crippen LogP) is 2.81. The van der Waals surface area contributed by atoms with E-state index in [-0.39, 0.29) is 12.1 Å². The third-order valence-corrected chi connectivity index (χ3v) is 5.00. The van der Waals surface area contributed by atoms with Gasteiger partial charge in [0.2, 0.25) is 0 Å². The lowest BCUT2D eigenvalue weighted by atomic mass is 10.1. The van der Waals surface area contributed by atoms with E-state index in [2.05, 4.69) is 10.1 Å². The van der Waals surface area contributed by atoms with Gasteiger partial charge in [-0.1, -0.05) is 18.2 Å². The van der Waals surface area contributed by atoms with Gasteiger partial charge in [0.1, 0.15) is 0 Å². The highest BCUT2D eigenvalue weighted by atomic mass is 32.2. The molecule has 1 fully saturated rings. The lowest BCUT2D eigenvalue weighted by molar-refractivity contribution is -0.126. The van der Waals surface area contributed by atoms with E-state index in [0.29, 0.717) is 16.8 Å². The fourth-order valence-corrected chi connectivity index (χ4v) is 3.58. The number of thioether (sulfide) groups is 1. The first-order valence-corrected chi connectivity index (χ1v) is 9.06. The zero-order valence-electron chi connectivity index (χ0n) is 14.7. The Morgan fingerprint density at radius 3 is 2.57 bits per heavy atom. The molecule has 2 amide bonds. The number of aromatic carboxylic acids is 1. The van der Waals surface area contributed by atoms with Crippen LogP contribution in [0, 0.1) is 0 Å². The number of nitrogens with zero attached hydrogens (tertiary/aromatic N) is 1. The first-order chi connectivity index (χ1) is 13.4. The van der Waals surface area contributed by atoms with E-state index in [9.17, 15) is 19.2 Å². The van der Waals surface area contributed by atoms with Gasteiger partial charge in [0.15, 0.2) is 5.37 Å². The van der Waals surface area contributed by atoms with Gasteiger partial charge in [-0.05, 0) is 47.7 Å². The summed E-state index contributed by atoms with van der Waals surface area (Å²) in [6.07, 6.45) is 0. The lowest BCUT2D eigenvalue weighted by Crippen LogP contribution is -2.34. The van der Waals surface area contributed by atoms with E-state index in [1.54, 1.807) is 36.4 Å². The van der Waals surface area contributed by atoms with E-state index in [1.165, 1.54) is 19.2 Å². The van der Waals surface area contributed by atoms with E-state index < -0.39 is 28.5 Å². The normalized spacial score (nSPS) is 16.2. The Bertz CT molecular complexity index is 961. The molecule has 1 aliphatic rings. The third kappa shape index (κ3) is 4.15. The van der Waals surface area contributed by atoms with Crippen LogP contribution in [0.3, 0.4) is 0 Å². The molecule has 1 atom stereocenters. The summed E-state index contributed by atoms with van der Waals surface area (Å²) in [6, 6.07) is 12.5.